The second-order valence-electron chi connectivity index (χ2n) is 8.08. The van der Waals surface area contributed by atoms with Gasteiger partial charge in [0.25, 0.3) is 0 Å². The highest BCUT2D eigenvalue weighted by Gasteiger charge is 2.38. The Morgan fingerprint density at radius 3 is 2.40 bits per heavy atom. The van der Waals surface area contributed by atoms with Crippen LogP contribution in [0.15, 0.2) is 48.5 Å². The standard InChI is InChI=1S/C24H31N3O3/c1-4-30-21-8-6-5-7-20(21)26-23(29)27-15-13-24(3,14-16-27)22(28)25-17-19-11-9-18(2)10-12-19/h5-12H,4,13-17H2,1-3H3,(H,25,28)(H,26,29). The second kappa shape index (κ2) is 9.65. The lowest BCUT2D eigenvalue weighted by atomic mass is 9.79. The van der Waals surface area contributed by atoms with Crippen LogP contribution in [0.5, 0.6) is 5.75 Å². The van der Waals surface area contributed by atoms with Crippen LogP contribution in [0.4, 0.5) is 10.5 Å². The maximum atomic E-state index is 12.8. The van der Waals surface area contributed by atoms with Crippen LogP contribution in [0.3, 0.4) is 0 Å². The maximum absolute atomic E-state index is 12.8. The van der Waals surface area contributed by atoms with Crippen molar-refractivity contribution in [1.29, 1.82) is 0 Å². The number of aryl methyl sites for hydroxylation is 1. The lowest BCUT2D eigenvalue weighted by molar-refractivity contribution is -0.132. The molecule has 0 saturated carbocycles. The van der Waals surface area contributed by atoms with Crippen LogP contribution >= 0.6 is 0 Å². The monoisotopic (exact) mass is 409 g/mol. The Morgan fingerprint density at radius 1 is 1.07 bits per heavy atom. The number of hydrogen-bond acceptors (Lipinski definition) is 3. The van der Waals surface area contributed by atoms with Crippen molar-refractivity contribution in [2.24, 2.45) is 5.41 Å². The molecule has 0 unspecified atom stereocenters. The van der Waals surface area contributed by atoms with Gasteiger partial charge in [-0.3, -0.25) is 4.79 Å². The average Bonchev–Trinajstić information content (AvgIpc) is 2.75. The van der Waals surface area contributed by atoms with E-state index in [-0.39, 0.29) is 11.9 Å². The van der Waals surface area contributed by atoms with Crippen LogP contribution < -0.4 is 15.4 Å². The third-order valence-corrected chi connectivity index (χ3v) is 5.70. The summed E-state index contributed by atoms with van der Waals surface area (Å²) in [5, 5.41) is 5.99. The summed E-state index contributed by atoms with van der Waals surface area (Å²) < 4.78 is 5.57. The average molecular weight is 410 g/mol. The number of ether oxygens (including phenoxy) is 1. The molecular weight excluding hydrogens is 378 g/mol. The molecule has 1 aliphatic rings. The van der Waals surface area contributed by atoms with Crippen LogP contribution in [0.25, 0.3) is 0 Å². The van der Waals surface area contributed by atoms with Crippen molar-refractivity contribution in [2.75, 3.05) is 25.0 Å². The molecule has 6 nitrogen and oxygen atoms in total. The molecule has 0 spiro atoms. The van der Waals surface area contributed by atoms with E-state index in [2.05, 4.69) is 10.6 Å². The molecule has 160 valence electrons. The van der Waals surface area contributed by atoms with Gasteiger partial charge in [-0.25, -0.2) is 4.79 Å². The zero-order valence-corrected chi connectivity index (χ0v) is 18.0. The zero-order valence-electron chi connectivity index (χ0n) is 18.0. The lowest BCUT2D eigenvalue weighted by Crippen LogP contribution is -2.49. The Kier molecular flexibility index (Phi) is 6.98. The first-order valence-electron chi connectivity index (χ1n) is 10.5. The number of benzene rings is 2. The molecule has 1 heterocycles. The fourth-order valence-corrected chi connectivity index (χ4v) is 3.58. The quantitative estimate of drug-likeness (QED) is 0.745. The fraction of sp³-hybridized carbons (Fsp3) is 0.417. The first-order valence-corrected chi connectivity index (χ1v) is 10.5. The van der Waals surface area contributed by atoms with Crippen molar-refractivity contribution in [3.63, 3.8) is 0 Å². The Morgan fingerprint density at radius 2 is 1.73 bits per heavy atom. The molecule has 0 aliphatic carbocycles. The molecule has 0 radical (unpaired) electrons. The maximum Gasteiger partial charge on any atom is 0.321 e. The smallest absolute Gasteiger partial charge is 0.321 e. The number of nitrogens with zero attached hydrogens (tertiary/aromatic N) is 1. The summed E-state index contributed by atoms with van der Waals surface area (Å²) in [4.78, 5) is 27.3. The molecule has 1 aliphatic heterocycles. The number of amides is 3. The summed E-state index contributed by atoms with van der Waals surface area (Å²) in [5.41, 5.74) is 2.48. The number of rotatable bonds is 6. The minimum atomic E-state index is -0.468. The van der Waals surface area contributed by atoms with Crippen LogP contribution in [-0.2, 0) is 11.3 Å². The van der Waals surface area contributed by atoms with E-state index >= 15 is 0 Å². The molecule has 3 amide bonds. The van der Waals surface area contributed by atoms with Gasteiger partial charge in [0.1, 0.15) is 5.75 Å². The molecule has 0 bridgehead atoms. The number of piperidine rings is 1. The number of hydrogen-bond donors (Lipinski definition) is 2. The highest BCUT2D eigenvalue weighted by atomic mass is 16.5. The van der Waals surface area contributed by atoms with E-state index in [1.54, 1.807) is 4.90 Å². The minimum Gasteiger partial charge on any atom is -0.492 e. The summed E-state index contributed by atoms with van der Waals surface area (Å²) in [6, 6.07) is 15.4. The van der Waals surface area contributed by atoms with E-state index in [1.807, 2.05) is 69.3 Å². The predicted octanol–water partition coefficient (Wildman–Crippen LogP) is 4.34. The van der Waals surface area contributed by atoms with E-state index in [1.165, 1.54) is 5.56 Å². The molecule has 2 aromatic carbocycles. The third kappa shape index (κ3) is 5.32. The van der Waals surface area contributed by atoms with Gasteiger partial charge in [-0.1, -0.05) is 48.9 Å². The van der Waals surface area contributed by atoms with Crippen LogP contribution in [0.1, 0.15) is 37.8 Å². The Balaban J connectivity index is 1.52. The van der Waals surface area contributed by atoms with E-state index in [4.69, 9.17) is 4.74 Å². The van der Waals surface area contributed by atoms with E-state index in [9.17, 15) is 9.59 Å². The van der Waals surface area contributed by atoms with Gasteiger partial charge in [-0.15, -0.1) is 0 Å². The zero-order chi connectivity index (χ0) is 21.6. The highest BCUT2D eigenvalue weighted by Crippen LogP contribution is 2.32. The predicted molar refractivity (Wildman–Crippen MR) is 119 cm³/mol. The summed E-state index contributed by atoms with van der Waals surface area (Å²) in [5.74, 6) is 0.704. The Labute approximate surface area is 178 Å². The van der Waals surface area contributed by atoms with Crippen LogP contribution in [0, 0.1) is 12.3 Å². The molecular formula is C24H31N3O3. The number of likely N-dealkylation sites (tertiary alicyclic amines) is 1. The molecule has 30 heavy (non-hydrogen) atoms. The van der Waals surface area contributed by atoms with Gasteiger partial charge in [0.2, 0.25) is 5.91 Å². The van der Waals surface area contributed by atoms with E-state index in [0.29, 0.717) is 50.5 Å². The molecule has 0 atom stereocenters. The second-order valence-corrected chi connectivity index (χ2v) is 8.08. The number of carbonyl (C=O) groups is 2. The van der Waals surface area contributed by atoms with Crippen molar-refractivity contribution < 1.29 is 14.3 Å². The van der Waals surface area contributed by atoms with Crippen LogP contribution in [-0.4, -0.2) is 36.5 Å². The molecule has 6 heteroatoms. The fourth-order valence-electron chi connectivity index (χ4n) is 3.58. The molecule has 1 fully saturated rings. The molecule has 3 rings (SSSR count). The molecule has 2 N–H and O–H groups in total. The summed E-state index contributed by atoms with van der Waals surface area (Å²) in [6.07, 6.45) is 1.26. The highest BCUT2D eigenvalue weighted by molar-refractivity contribution is 5.91. The van der Waals surface area contributed by atoms with Crippen LogP contribution in [0.2, 0.25) is 0 Å². The number of para-hydroxylation sites is 2. The van der Waals surface area contributed by atoms with Gasteiger partial charge >= 0.3 is 6.03 Å². The van der Waals surface area contributed by atoms with Gasteiger partial charge in [-0.05, 0) is 44.4 Å². The van der Waals surface area contributed by atoms with Crippen molar-refractivity contribution in [1.82, 2.24) is 10.2 Å². The van der Waals surface area contributed by atoms with Gasteiger partial charge in [0, 0.05) is 25.0 Å². The van der Waals surface area contributed by atoms with E-state index in [0.717, 1.165) is 5.56 Å². The molecule has 2 aromatic rings. The SMILES string of the molecule is CCOc1ccccc1NC(=O)N1CCC(C)(C(=O)NCc2ccc(C)cc2)CC1. The van der Waals surface area contributed by atoms with Gasteiger partial charge in [0.05, 0.1) is 12.3 Å². The van der Waals surface area contributed by atoms with Crippen molar-refractivity contribution in [2.45, 2.75) is 40.2 Å². The number of carbonyl (C=O) groups excluding carboxylic acids is 2. The summed E-state index contributed by atoms with van der Waals surface area (Å²) in [7, 11) is 0. The van der Waals surface area contributed by atoms with Crippen molar-refractivity contribution in [3.05, 3.63) is 59.7 Å². The number of anilines is 1. The summed E-state index contributed by atoms with van der Waals surface area (Å²) in [6.45, 7) is 8.07. The first kappa shape index (κ1) is 21.7. The van der Waals surface area contributed by atoms with Crippen molar-refractivity contribution >= 4 is 17.6 Å². The lowest BCUT2D eigenvalue weighted by Gasteiger charge is -2.38. The van der Waals surface area contributed by atoms with Gasteiger partial charge < -0.3 is 20.3 Å². The van der Waals surface area contributed by atoms with Gasteiger partial charge in [0.15, 0.2) is 0 Å². The topological polar surface area (TPSA) is 70.7 Å². The van der Waals surface area contributed by atoms with Gasteiger partial charge in [-0.2, -0.15) is 0 Å². The minimum absolute atomic E-state index is 0.0461. The number of nitrogens with one attached hydrogen (secondary N) is 2. The Bertz CT molecular complexity index is 872. The van der Waals surface area contributed by atoms with Crippen molar-refractivity contribution in [3.8, 4) is 5.75 Å². The summed E-state index contributed by atoms with van der Waals surface area (Å²) >= 11 is 0. The normalized spacial score (nSPS) is 15.4. The Hall–Kier alpha value is -3.02. The number of urea groups is 1. The van der Waals surface area contributed by atoms with E-state index < -0.39 is 5.41 Å². The molecule has 1 saturated heterocycles. The largest absolute Gasteiger partial charge is 0.492 e. The first-order chi connectivity index (χ1) is 14.4. The molecule has 0 aromatic heterocycles. The third-order valence-electron chi connectivity index (χ3n) is 5.70.